The van der Waals surface area contributed by atoms with Gasteiger partial charge in [-0.2, -0.15) is 4.31 Å². The molecule has 1 aliphatic rings. The Labute approximate surface area is 185 Å². The molecule has 1 aromatic heterocycles. The van der Waals surface area contributed by atoms with Crippen LogP contribution < -0.4 is 5.32 Å². The van der Waals surface area contributed by atoms with E-state index in [1.54, 1.807) is 25.2 Å². The topological polar surface area (TPSA) is 97.2 Å². The average Bonchev–Trinajstić information content (AvgIpc) is 3.49. The molecule has 4 rings (SSSR count). The van der Waals surface area contributed by atoms with Gasteiger partial charge in [-0.3, -0.25) is 9.36 Å². The normalized spacial score (nSPS) is 14.6. The summed E-state index contributed by atoms with van der Waals surface area (Å²) in [6.45, 7) is 1.10. The Bertz CT molecular complexity index is 1170. The van der Waals surface area contributed by atoms with Gasteiger partial charge in [0, 0.05) is 31.4 Å². The second kappa shape index (κ2) is 9.21. The lowest BCUT2D eigenvalue weighted by Crippen LogP contribution is -2.27. The highest BCUT2D eigenvalue weighted by Crippen LogP contribution is 2.30. The number of rotatable bonds is 7. The molecule has 1 fully saturated rings. The third-order valence-electron chi connectivity index (χ3n) is 5.05. The van der Waals surface area contributed by atoms with Crippen molar-refractivity contribution in [2.24, 2.45) is 0 Å². The molecule has 31 heavy (non-hydrogen) atoms. The van der Waals surface area contributed by atoms with E-state index in [1.807, 2.05) is 41.0 Å². The highest BCUT2D eigenvalue weighted by atomic mass is 32.2. The van der Waals surface area contributed by atoms with Crippen LogP contribution in [-0.2, 0) is 14.8 Å². The van der Waals surface area contributed by atoms with Crippen molar-refractivity contribution in [1.82, 2.24) is 24.4 Å². The fourth-order valence-electron chi connectivity index (χ4n) is 3.44. The van der Waals surface area contributed by atoms with Crippen molar-refractivity contribution in [2.75, 3.05) is 25.9 Å². The van der Waals surface area contributed by atoms with Crippen LogP contribution in [0.1, 0.15) is 12.8 Å². The monoisotopic (exact) mass is 457 g/mol. The summed E-state index contributed by atoms with van der Waals surface area (Å²) in [6.07, 6.45) is 1.76. The predicted octanol–water partition coefficient (Wildman–Crippen LogP) is 2.56. The van der Waals surface area contributed by atoms with Gasteiger partial charge in [0.25, 0.3) is 0 Å². The Hall–Kier alpha value is -2.69. The Balaban J connectivity index is 1.76. The van der Waals surface area contributed by atoms with E-state index < -0.39 is 10.0 Å². The van der Waals surface area contributed by atoms with E-state index in [4.69, 9.17) is 0 Å². The van der Waals surface area contributed by atoms with Crippen LogP contribution in [0.15, 0.2) is 64.6 Å². The van der Waals surface area contributed by atoms with Crippen molar-refractivity contribution in [3.05, 3.63) is 54.6 Å². The molecule has 3 aromatic rings. The van der Waals surface area contributed by atoms with Gasteiger partial charge in [-0.25, -0.2) is 8.42 Å². The number of amides is 1. The number of carbonyl (C=O) groups is 1. The van der Waals surface area contributed by atoms with Crippen molar-refractivity contribution < 1.29 is 13.2 Å². The summed E-state index contributed by atoms with van der Waals surface area (Å²) < 4.78 is 29.4. The zero-order valence-electron chi connectivity index (χ0n) is 17.1. The Morgan fingerprint density at radius 2 is 1.81 bits per heavy atom. The molecule has 0 aliphatic carbocycles. The molecule has 0 radical (unpaired) electrons. The molecule has 162 valence electrons. The highest BCUT2D eigenvalue weighted by Gasteiger charge is 2.28. The Morgan fingerprint density at radius 3 is 2.52 bits per heavy atom. The number of hydrogen-bond acceptors (Lipinski definition) is 6. The van der Waals surface area contributed by atoms with Crippen LogP contribution >= 0.6 is 11.8 Å². The number of thioether (sulfide) groups is 1. The molecule has 0 bridgehead atoms. The molecule has 0 atom stereocenters. The molecular formula is C21H23N5O3S2. The molecule has 8 nitrogen and oxygen atoms in total. The predicted molar refractivity (Wildman–Crippen MR) is 120 cm³/mol. The Morgan fingerprint density at radius 1 is 1.06 bits per heavy atom. The maximum absolute atomic E-state index is 13.0. The van der Waals surface area contributed by atoms with Gasteiger partial charge in [-0.15, -0.1) is 10.2 Å². The van der Waals surface area contributed by atoms with Crippen molar-refractivity contribution in [2.45, 2.75) is 22.9 Å². The molecule has 0 unspecified atom stereocenters. The SMILES string of the molecule is CNC(=O)CSc1nnc(-c2cccc(S(=O)(=O)N3CCCC3)c2)n1-c1ccccc1. The van der Waals surface area contributed by atoms with Crippen LogP contribution in [0, 0.1) is 0 Å². The summed E-state index contributed by atoms with van der Waals surface area (Å²) in [5.74, 6) is 0.599. The molecule has 0 saturated carbocycles. The number of para-hydroxylation sites is 1. The quantitative estimate of drug-likeness (QED) is 0.548. The van der Waals surface area contributed by atoms with Crippen molar-refractivity contribution >= 4 is 27.7 Å². The van der Waals surface area contributed by atoms with E-state index in [9.17, 15) is 13.2 Å². The van der Waals surface area contributed by atoms with E-state index in [2.05, 4.69) is 15.5 Å². The van der Waals surface area contributed by atoms with Gasteiger partial charge in [-0.05, 0) is 37.1 Å². The fourth-order valence-corrected chi connectivity index (χ4v) is 5.82. The first-order valence-corrected chi connectivity index (χ1v) is 12.4. The molecule has 2 heterocycles. The number of carbonyl (C=O) groups excluding carboxylic acids is 1. The second-order valence-corrected chi connectivity index (χ2v) is 9.96. The van der Waals surface area contributed by atoms with Crippen molar-refractivity contribution in [1.29, 1.82) is 0 Å². The first kappa shape index (κ1) is 21.5. The maximum Gasteiger partial charge on any atom is 0.243 e. The van der Waals surface area contributed by atoms with Crippen LogP contribution in [0.4, 0.5) is 0 Å². The lowest BCUT2D eigenvalue weighted by Gasteiger charge is -2.16. The van der Waals surface area contributed by atoms with Gasteiger partial charge in [-0.1, -0.05) is 42.1 Å². The summed E-state index contributed by atoms with van der Waals surface area (Å²) in [5.41, 5.74) is 1.47. The van der Waals surface area contributed by atoms with Crippen molar-refractivity contribution in [3.8, 4) is 17.1 Å². The lowest BCUT2D eigenvalue weighted by molar-refractivity contribution is -0.118. The largest absolute Gasteiger partial charge is 0.358 e. The first-order chi connectivity index (χ1) is 15.0. The average molecular weight is 458 g/mol. The number of benzene rings is 2. The summed E-state index contributed by atoms with van der Waals surface area (Å²) in [4.78, 5) is 12.0. The molecule has 1 amide bonds. The zero-order chi connectivity index (χ0) is 21.8. The maximum atomic E-state index is 13.0. The summed E-state index contributed by atoms with van der Waals surface area (Å²) >= 11 is 1.27. The number of sulfonamides is 1. The molecule has 1 saturated heterocycles. The van der Waals surface area contributed by atoms with Crippen LogP contribution in [0.5, 0.6) is 0 Å². The van der Waals surface area contributed by atoms with E-state index in [0.29, 0.717) is 29.6 Å². The number of nitrogens with zero attached hydrogens (tertiary/aromatic N) is 4. The van der Waals surface area contributed by atoms with Crippen LogP contribution in [0.3, 0.4) is 0 Å². The first-order valence-electron chi connectivity index (χ1n) is 9.95. The van der Waals surface area contributed by atoms with Crippen LogP contribution in [0.25, 0.3) is 17.1 Å². The van der Waals surface area contributed by atoms with Crippen molar-refractivity contribution in [3.63, 3.8) is 0 Å². The molecule has 10 heteroatoms. The van der Waals surface area contributed by atoms with Gasteiger partial charge in [0.2, 0.25) is 15.9 Å². The minimum absolute atomic E-state index is 0.118. The van der Waals surface area contributed by atoms with E-state index in [1.165, 1.54) is 16.1 Å². The molecule has 1 N–H and O–H groups in total. The third kappa shape index (κ3) is 4.51. The summed E-state index contributed by atoms with van der Waals surface area (Å²) in [5, 5.41) is 11.8. The fraction of sp³-hybridized carbons (Fsp3) is 0.286. The Kier molecular flexibility index (Phi) is 6.40. The lowest BCUT2D eigenvalue weighted by atomic mass is 10.2. The minimum atomic E-state index is -3.55. The van der Waals surface area contributed by atoms with E-state index >= 15 is 0 Å². The highest BCUT2D eigenvalue weighted by molar-refractivity contribution is 7.99. The van der Waals surface area contributed by atoms with Crippen LogP contribution in [-0.4, -0.2) is 59.3 Å². The van der Waals surface area contributed by atoms with E-state index in [0.717, 1.165) is 18.5 Å². The number of hydrogen-bond donors (Lipinski definition) is 1. The summed E-state index contributed by atoms with van der Waals surface area (Å²) in [7, 11) is -1.96. The molecular weight excluding hydrogens is 434 g/mol. The number of aromatic nitrogens is 3. The smallest absolute Gasteiger partial charge is 0.243 e. The van der Waals surface area contributed by atoms with Gasteiger partial charge < -0.3 is 5.32 Å². The standard InChI is InChI=1S/C21H23N5O3S2/c1-22-19(27)15-30-21-24-23-20(26(21)17-9-3-2-4-10-17)16-8-7-11-18(14-16)31(28,29)25-12-5-6-13-25/h2-4,7-11,14H,5-6,12-13,15H2,1H3,(H,22,27). The van der Waals surface area contributed by atoms with Gasteiger partial charge >= 0.3 is 0 Å². The molecule has 2 aromatic carbocycles. The van der Waals surface area contributed by atoms with Gasteiger partial charge in [0.05, 0.1) is 10.6 Å². The minimum Gasteiger partial charge on any atom is -0.358 e. The third-order valence-corrected chi connectivity index (χ3v) is 7.88. The van der Waals surface area contributed by atoms with Gasteiger partial charge in [0.1, 0.15) is 0 Å². The van der Waals surface area contributed by atoms with Gasteiger partial charge in [0.15, 0.2) is 11.0 Å². The van der Waals surface area contributed by atoms with E-state index in [-0.39, 0.29) is 16.6 Å². The van der Waals surface area contributed by atoms with Crippen LogP contribution in [0.2, 0.25) is 0 Å². The second-order valence-electron chi connectivity index (χ2n) is 7.08. The summed E-state index contributed by atoms with van der Waals surface area (Å²) in [6, 6.07) is 16.4. The zero-order valence-corrected chi connectivity index (χ0v) is 18.7. The molecule has 0 spiro atoms. The molecule has 1 aliphatic heterocycles. The number of nitrogens with one attached hydrogen (secondary N) is 1.